The topological polar surface area (TPSA) is 0 Å². The Balaban J connectivity index is 1.65. The van der Waals surface area contributed by atoms with Gasteiger partial charge in [0.05, 0.1) is 0 Å². The monoisotopic (exact) mass is 280 g/mol. The highest BCUT2D eigenvalue weighted by atomic mass is 14.5. The maximum Gasteiger partial charge on any atom is -0.0169 e. The maximum atomic E-state index is 2.55. The van der Waals surface area contributed by atoms with Gasteiger partial charge in [-0.1, -0.05) is 67.7 Å². The molecule has 0 radical (unpaired) electrons. The van der Waals surface area contributed by atoms with Crippen LogP contribution in [0.4, 0.5) is 0 Å². The molecule has 1 aromatic carbocycles. The summed E-state index contributed by atoms with van der Waals surface area (Å²) in [4.78, 5) is 0. The molecule has 4 atom stereocenters. The van der Waals surface area contributed by atoms with Gasteiger partial charge >= 0.3 is 0 Å². The summed E-state index contributed by atoms with van der Waals surface area (Å²) in [5.41, 5.74) is 3.22. The number of benzene rings is 1. The minimum Gasteiger partial charge on any atom is -0.0659 e. The normalized spacial score (nSPS) is 37.8. The minimum absolute atomic E-state index is 0.915. The van der Waals surface area contributed by atoms with Crippen molar-refractivity contribution < 1.29 is 0 Å². The second-order valence-electron chi connectivity index (χ2n) is 7.60. The van der Waals surface area contributed by atoms with Gasteiger partial charge in [-0.05, 0) is 61.3 Å². The molecule has 3 fully saturated rings. The van der Waals surface area contributed by atoms with E-state index in [1.807, 2.05) is 0 Å². The quantitative estimate of drug-likeness (QED) is 0.584. The summed E-state index contributed by atoms with van der Waals surface area (Å²) >= 11 is 0. The van der Waals surface area contributed by atoms with Crippen LogP contribution in [0.25, 0.3) is 6.08 Å². The number of rotatable bonds is 1. The lowest BCUT2D eigenvalue weighted by Gasteiger charge is -2.49. The molecule has 3 saturated carbocycles. The SMILES string of the molecule is C(=C1/C[C@@H]2CCCC[C@@H]2[C@@H]2CCCC[C@@H]12)/c1ccccc1. The zero-order chi connectivity index (χ0) is 14.1. The molecular weight excluding hydrogens is 252 g/mol. The van der Waals surface area contributed by atoms with Crippen LogP contribution >= 0.6 is 0 Å². The second-order valence-corrected chi connectivity index (χ2v) is 7.60. The van der Waals surface area contributed by atoms with Gasteiger partial charge in [-0.3, -0.25) is 0 Å². The van der Waals surface area contributed by atoms with Crippen molar-refractivity contribution in [2.75, 3.05) is 0 Å². The summed E-state index contributed by atoms with van der Waals surface area (Å²) in [5.74, 6) is 4.01. The zero-order valence-electron chi connectivity index (χ0n) is 13.1. The molecule has 0 saturated heterocycles. The molecule has 0 N–H and O–H groups in total. The average molecular weight is 280 g/mol. The van der Waals surface area contributed by atoms with E-state index in [1.54, 1.807) is 5.57 Å². The van der Waals surface area contributed by atoms with E-state index in [-0.39, 0.29) is 0 Å². The van der Waals surface area contributed by atoms with Crippen molar-refractivity contribution in [2.45, 2.75) is 57.8 Å². The van der Waals surface area contributed by atoms with Gasteiger partial charge in [0, 0.05) is 0 Å². The van der Waals surface area contributed by atoms with Crippen LogP contribution in [0.1, 0.15) is 63.4 Å². The van der Waals surface area contributed by atoms with Crippen molar-refractivity contribution in [1.29, 1.82) is 0 Å². The Kier molecular flexibility index (Phi) is 3.88. The summed E-state index contributed by atoms with van der Waals surface area (Å²) in [6, 6.07) is 11.0. The number of allylic oxidation sites excluding steroid dienone is 1. The van der Waals surface area contributed by atoms with Crippen molar-refractivity contribution in [3.05, 3.63) is 41.5 Å². The third-order valence-electron chi connectivity index (χ3n) is 6.46. The standard InChI is InChI=1S/C21H28/c1-2-8-16(9-3-1)14-18-15-17-10-4-5-11-19(17)21-13-7-6-12-20(18)21/h1-3,8-9,14,17,19-21H,4-7,10-13,15H2/b18-14+/t17-,19-,20-,21-/m0/s1. The predicted octanol–water partition coefficient (Wildman–Crippen LogP) is 6.09. The van der Waals surface area contributed by atoms with E-state index in [4.69, 9.17) is 0 Å². The number of hydrogen-bond donors (Lipinski definition) is 0. The lowest BCUT2D eigenvalue weighted by Crippen LogP contribution is -2.39. The van der Waals surface area contributed by atoms with Gasteiger partial charge in [0.15, 0.2) is 0 Å². The van der Waals surface area contributed by atoms with Gasteiger partial charge in [0.25, 0.3) is 0 Å². The Bertz CT molecular complexity index is 498. The Morgan fingerprint density at radius 3 is 2.33 bits per heavy atom. The third kappa shape index (κ3) is 2.70. The molecule has 0 unspecified atom stereocenters. The molecule has 3 aliphatic carbocycles. The summed E-state index contributed by atoms with van der Waals surface area (Å²) in [7, 11) is 0. The Morgan fingerprint density at radius 1 is 0.762 bits per heavy atom. The summed E-state index contributed by atoms with van der Waals surface area (Å²) in [6.07, 6.45) is 15.9. The van der Waals surface area contributed by atoms with Crippen molar-refractivity contribution in [3.8, 4) is 0 Å². The van der Waals surface area contributed by atoms with Crippen molar-refractivity contribution in [2.24, 2.45) is 23.7 Å². The van der Waals surface area contributed by atoms with Crippen LogP contribution in [0, 0.1) is 23.7 Å². The molecule has 0 spiro atoms. The van der Waals surface area contributed by atoms with Crippen molar-refractivity contribution in [3.63, 3.8) is 0 Å². The summed E-state index contributed by atoms with van der Waals surface area (Å²) in [6.45, 7) is 0. The van der Waals surface area contributed by atoms with Gasteiger partial charge in [-0.2, -0.15) is 0 Å². The van der Waals surface area contributed by atoms with E-state index in [0.717, 1.165) is 23.7 Å². The summed E-state index contributed by atoms with van der Waals surface area (Å²) in [5, 5.41) is 0. The average Bonchev–Trinajstić information content (AvgIpc) is 2.56. The molecule has 21 heavy (non-hydrogen) atoms. The first-order valence-electron chi connectivity index (χ1n) is 9.17. The fraction of sp³-hybridized carbons (Fsp3) is 0.619. The highest BCUT2D eigenvalue weighted by Crippen LogP contribution is 2.53. The van der Waals surface area contributed by atoms with Crippen LogP contribution in [0.2, 0.25) is 0 Å². The molecule has 3 aliphatic rings. The Labute approximate surface area is 129 Å². The number of fused-ring (bicyclic) bond motifs is 3. The molecule has 0 aliphatic heterocycles. The molecule has 1 aromatic rings. The molecule has 0 nitrogen and oxygen atoms in total. The van der Waals surface area contributed by atoms with Gasteiger partial charge < -0.3 is 0 Å². The highest BCUT2D eigenvalue weighted by molar-refractivity contribution is 5.54. The van der Waals surface area contributed by atoms with Crippen LogP contribution in [0.15, 0.2) is 35.9 Å². The zero-order valence-corrected chi connectivity index (χ0v) is 13.1. The third-order valence-corrected chi connectivity index (χ3v) is 6.46. The first-order valence-corrected chi connectivity index (χ1v) is 9.17. The van der Waals surface area contributed by atoms with Gasteiger partial charge in [0.2, 0.25) is 0 Å². The molecule has 112 valence electrons. The lowest BCUT2D eigenvalue weighted by molar-refractivity contribution is 0.0636. The van der Waals surface area contributed by atoms with E-state index < -0.39 is 0 Å². The van der Waals surface area contributed by atoms with Crippen molar-refractivity contribution in [1.82, 2.24) is 0 Å². The van der Waals surface area contributed by atoms with Crippen LogP contribution < -0.4 is 0 Å². The molecular formula is C21H28. The van der Waals surface area contributed by atoms with Crippen LogP contribution in [-0.4, -0.2) is 0 Å². The van der Waals surface area contributed by atoms with Crippen LogP contribution in [0.5, 0.6) is 0 Å². The fourth-order valence-electron chi connectivity index (χ4n) is 5.57. The van der Waals surface area contributed by atoms with Crippen LogP contribution in [0.3, 0.4) is 0 Å². The van der Waals surface area contributed by atoms with E-state index >= 15 is 0 Å². The minimum atomic E-state index is 0.915. The van der Waals surface area contributed by atoms with Gasteiger partial charge in [-0.15, -0.1) is 0 Å². The highest BCUT2D eigenvalue weighted by Gasteiger charge is 2.43. The Morgan fingerprint density at radius 2 is 1.48 bits per heavy atom. The molecule has 4 rings (SSSR count). The van der Waals surface area contributed by atoms with E-state index in [0.29, 0.717) is 0 Å². The van der Waals surface area contributed by atoms with Gasteiger partial charge in [-0.25, -0.2) is 0 Å². The second kappa shape index (κ2) is 5.99. The first-order chi connectivity index (χ1) is 10.4. The largest absolute Gasteiger partial charge is 0.0659 e. The lowest BCUT2D eigenvalue weighted by atomic mass is 9.56. The molecule has 0 heteroatoms. The fourth-order valence-corrected chi connectivity index (χ4v) is 5.57. The molecule has 0 amide bonds. The van der Waals surface area contributed by atoms with E-state index in [2.05, 4.69) is 36.4 Å². The predicted molar refractivity (Wildman–Crippen MR) is 89.9 cm³/mol. The van der Waals surface area contributed by atoms with Crippen LogP contribution in [-0.2, 0) is 0 Å². The van der Waals surface area contributed by atoms with E-state index in [1.165, 1.54) is 63.4 Å². The smallest absolute Gasteiger partial charge is 0.0169 e. The maximum absolute atomic E-state index is 2.55. The summed E-state index contributed by atoms with van der Waals surface area (Å²) < 4.78 is 0. The van der Waals surface area contributed by atoms with E-state index in [9.17, 15) is 0 Å². The van der Waals surface area contributed by atoms with Gasteiger partial charge in [0.1, 0.15) is 0 Å². The molecule has 0 bridgehead atoms. The molecule has 0 heterocycles. The Hall–Kier alpha value is -1.04. The molecule has 0 aromatic heterocycles. The van der Waals surface area contributed by atoms with Crippen molar-refractivity contribution >= 4 is 6.08 Å². The first kappa shape index (κ1) is 13.6. The number of hydrogen-bond acceptors (Lipinski definition) is 0.